The molecule has 2 rings (SSSR count). The van der Waals surface area contributed by atoms with Crippen molar-refractivity contribution in [1.82, 2.24) is 10.2 Å². The molecule has 2 amide bonds. The largest absolute Gasteiger partial charge is 0.383 e. The SMILES string of the molecule is COC[C@H](Cc1ccccc1)N(C)C(=O)NCCc1ccc(F)cc1F. The molecule has 0 aromatic heterocycles. The fraction of sp³-hybridized carbons (Fsp3) is 0.350. The number of likely N-dealkylation sites (N-methyl/N-ethyl adjacent to an activating group) is 1. The molecule has 0 radical (unpaired) electrons. The summed E-state index contributed by atoms with van der Waals surface area (Å²) >= 11 is 0. The van der Waals surface area contributed by atoms with E-state index in [0.717, 1.165) is 11.6 Å². The molecule has 26 heavy (non-hydrogen) atoms. The highest BCUT2D eigenvalue weighted by molar-refractivity contribution is 5.74. The second kappa shape index (κ2) is 9.87. The van der Waals surface area contributed by atoms with Crippen LogP contribution in [0.25, 0.3) is 0 Å². The van der Waals surface area contributed by atoms with Gasteiger partial charge in [0.15, 0.2) is 0 Å². The fourth-order valence-electron chi connectivity index (χ4n) is 2.71. The maximum Gasteiger partial charge on any atom is 0.317 e. The molecule has 140 valence electrons. The molecule has 0 saturated carbocycles. The van der Waals surface area contributed by atoms with Crippen LogP contribution in [0.4, 0.5) is 13.6 Å². The summed E-state index contributed by atoms with van der Waals surface area (Å²) < 4.78 is 31.8. The van der Waals surface area contributed by atoms with Crippen LogP contribution in [0.2, 0.25) is 0 Å². The summed E-state index contributed by atoms with van der Waals surface area (Å²) in [5, 5.41) is 2.77. The maximum atomic E-state index is 13.6. The molecule has 0 unspecified atom stereocenters. The number of nitrogens with one attached hydrogen (secondary N) is 1. The van der Waals surface area contributed by atoms with Crippen LogP contribution >= 0.6 is 0 Å². The zero-order chi connectivity index (χ0) is 18.9. The molecule has 0 fully saturated rings. The van der Waals surface area contributed by atoms with Gasteiger partial charge in [-0.3, -0.25) is 0 Å². The maximum absolute atomic E-state index is 13.6. The van der Waals surface area contributed by atoms with Crippen LogP contribution in [0.1, 0.15) is 11.1 Å². The number of hydrogen-bond acceptors (Lipinski definition) is 2. The average Bonchev–Trinajstić information content (AvgIpc) is 2.63. The molecule has 1 atom stereocenters. The first kappa shape index (κ1) is 19.8. The van der Waals surface area contributed by atoms with Gasteiger partial charge in [-0.05, 0) is 30.0 Å². The quantitative estimate of drug-likeness (QED) is 0.782. The summed E-state index contributed by atoms with van der Waals surface area (Å²) in [6.45, 7) is 0.669. The number of carbonyl (C=O) groups excluding carboxylic acids is 1. The van der Waals surface area contributed by atoms with Crippen molar-refractivity contribution in [3.8, 4) is 0 Å². The smallest absolute Gasteiger partial charge is 0.317 e. The lowest BCUT2D eigenvalue weighted by molar-refractivity contribution is 0.115. The third kappa shape index (κ3) is 5.81. The third-order valence-corrected chi connectivity index (χ3v) is 4.23. The van der Waals surface area contributed by atoms with Crippen LogP contribution in [0.5, 0.6) is 0 Å². The molecule has 2 aromatic carbocycles. The first-order chi connectivity index (χ1) is 12.5. The van der Waals surface area contributed by atoms with Gasteiger partial charge in [-0.2, -0.15) is 0 Å². The summed E-state index contributed by atoms with van der Waals surface area (Å²) in [5.41, 5.74) is 1.48. The molecule has 0 aliphatic carbocycles. The molecule has 4 nitrogen and oxygen atoms in total. The molecule has 1 N–H and O–H groups in total. The number of hydrogen-bond donors (Lipinski definition) is 1. The minimum absolute atomic E-state index is 0.120. The van der Waals surface area contributed by atoms with Gasteiger partial charge in [-0.25, -0.2) is 13.6 Å². The van der Waals surface area contributed by atoms with E-state index in [1.807, 2.05) is 30.3 Å². The number of amides is 2. The molecule has 2 aromatic rings. The number of benzene rings is 2. The van der Waals surface area contributed by atoms with Crippen molar-refractivity contribution < 1.29 is 18.3 Å². The van der Waals surface area contributed by atoms with E-state index in [1.165, 1.54) is 12.1 Å². The summed E-state index contributed by atoms with van der Waals surface area (Å²) in [4.78, 5) is 14.0. The van der Waals surface area contributed by atoms with Crippen molar-refractivity contribution in [2.45, 2.75) is 18.9 Å². The van der Waals surface area contributed by atoms with E-state index in [1.54, 1.807) is 19.1 Å². The van der Waals surface area contributed by atoms with Crippen molar-refractivity contribution in [3.63, 3.8) is 0 Å². The Bertz CT molecular complexity index is 710. The highest BCUT2D eigenvalue weighted by atomic mass is 19.1. The van der Waals surface area contributed by atoms with Gasteiger partial charge in [0.2, 0.25) is 0 Å². The summed E-state index contributed by atoms with van der Waals surface area (Å²) in [6, 6.07) is 12.9. The van der Waals surface area contributed by atoms with Gasteiger partial charge < -0.3 is 15.0 Å². The lowest BCUT2D eigenvalue weighted by Crippen LogP contribution is -2.47. The van der Waals surface area contributed by atoms with Crippen LogP contribution < -0.4 is 5.32 Å². The van der Waals surface area contributed by atoms with Gasteiger partial charge >= 0.3 is 6.03 Å². The van der Waals surface area contributed by atoms with E-state index >= 15 is 0 Å². The van der Waals surface area contributed by atoms with Gasteiger partial charge in [0, 0.05) is 26.8 Å². The normalized spacial score (nSPS) is 11.8. The van der Waals surface area contributed by atoms with E-state index in [0.29, 0.717) is 25.0 Å². The predicted octanol–water partition coefficient (Wildman–Crippen LogP) is 3.41. The number of carbonyl (C=O) groups is 1. The Labute approximate surface area is 152 Å². The molecular formula is C20H24F2N2O2. The average molecular weight is 362 g/mol. The third-order valence-electron chi connectivity index (χ3n) is 4.23. The van der Waals surface area contributed by atoms with Gasteiger partial charge in [0.1, 0.15) is 11.6 Å². The van der Waals surface area contributed by atoms with Crippen molar-refractivity contribution in [3.05, 3.63) is 71.3 Å². The Morgan fingerprint density at radius 3 is 2.58 bits per heavy atom. The fourth-order valence-corrected chi connectivity index (χ4v) is 2.71. The second-order valence-corrected chi connectivity index (χ2v) is 6.13. The second-order valence-electron chi connectivity index (χ2n) is 6.13. The summed E-state index contributed by atoms with van der Waals surface area (Å²) in [6.07, 6.45) is 0.963. The van der Waals surface area contributed by atoms with Crippen LogP contribution in [0.3, 0.4) is 0 Å². The summed E-state index contributed by atoms with van der Waals surface area (Å²) in [5.74, 6) is -1.22. The van der Waals surface area contributed by atoms with Gasteiger partial charge in [0.25, 0.3) is 0 Å². The standard InChI is InChI=1S/C20H24F2N2O2/c1-24(18(14-26-2)12-15-6-4-3-5-7-15)20(25)23-11-10-16-8-9-17(21)13-19(16)22/h3-9,13,18H,10-12,14H2,1-2H3,(H,23,25)/t18-/m0/s1. The Kier molecular flexibility index (Phi) is 7.53. The van der Waals surface area contributed by atoms with Crippen LogP contribution in [-0.4, -0.2) is 44.3 Å². The molecule has 0 spiro atoms. The zero-order valence-electron chi connectivity index (χ0n) is 15.0. The van der Waals surface area contributed by atoms with Gasteiger partial charge in [-0.1, -0.05) is 36.4 Å². The van der Waals surface area contributed by atoms with Crippen molar-refractivity contribution in [2.24, 2.45) is 0 Å². The lowest BCUT2D eigenvalue weighted by atomic mass is 10.1. The van der Waals surface area contributed by atoms with Crippen molar-refractivity contribution in [1.29, 1.82) is 0 Å². The first-order valence-electron chi connectivity index (χ1n) is 8.48. The number of rotatable bonds is 8. The van der Waals surface area contributed by atoms with Gasteiger partial charge in [0.05, 0.1) is 12.6 Å². The summed E-state index contributed by atoms with van der Waals surface area (Å²) in [7, 11) is 3.31. The van der Waals surface area contributed by atoms with Crippen molar-refractivity contribution in [2.75, 3.05) is 27.3 Å². The number of halogens is 2. The Morgan fingerprint density at radius 2 is 1.92 bits per heavy atom. The van der Waals surface area contributed by atoms with E-state index in [-0.39, 0.29) is 18.6 Å². The van der Waals surface area contributed by atoms with Crippen molar-refractivity contribution >= 4 is 6.03 Å². The monoisotopic (exact) mass is 362 g/mol. The molecule has 0 saturated heterocycles. The molecule has 0 aliphatic heterocycles. The van der Waals surface area contributed by atoms with Crippen LogP contribution in [0.15, 0.2) is 48.5 Å². The number of urea groups is 1. The highest BCUT2D eigenvalue weighted by Crippen LogP contribution is 2.11. The first-order valence-corrected chi connectivity index (χ1v) is 8.48. The minimum atomic E-state index is -0.613. The molecule has 6 heteroatoms. The van der Waals surface area contributed by atoms with E-state index in [4.69, 9.17) is 4.74 Å². The molecular weight excluding hydrogens is 338 g/mol. The lowest BCUT2D eigenvalue weighted by Gasteiger charge is -2.28. The van der Waals surface area contributed by atoms with Crippen LogP contribution in [-0.2, 0) is 17.6 Å². The van der Waals surface area contributed by atoms with Gasteiger partial charge in [-0.15, -0.1) is 0 Å². The van der Waals surface area contributed by atoms with E-state index in [2.05, 4.69) is 5.32 Å². The number of nitrogens with zero attached hydrogens (tertiary/aromatic N) is 1. The zero-order valence-corrected chi connectivity index (χ0v) is 15.0. The topological polar surface area (TPSA) is 41.6 Å². The number of methoxy groups -OCH3 is 1. The minimum Gasteiger partial charge on any atom is -0.383 e. The van der Waals surface area contributed by atoms with E-state index in [9.17, 15) is 13.6 Å². The Morgan fingerprint density at radius 1 is 1.19 bits per heavy atom. The Balaban J connectivity index is 1.89. The van der Waals surface area contributed by atoms with Crippen LogP contribution in [0, 0.1) is 11.6 Å². The van der Waals surface area contributed by atoms with E-state index < -0.39 is 11.6 Å². The molecule has 0 aliphatic rings. The molecule has 0 heterocycles. The highest BCUT2D eigenvalue weighted by Gasteiger charge is 2.20. The predicted molar refractivity (Wildman–Crippen MR) is 97.0 cm³/mol. The number of ether oxygens (including phenoxy) is 1. The Hall–Kier alpha value is -2.47. The molecule has 0 bridgehead atoms.